The van der Waals surface area contributed by atoms with Crippen LogP contribution in [0.2, 0.25) is 0 Å². The van der Waals surface area contributed by atoms with Crippen molar-refractivity contribution in [2.75, 3.05) is 13.1 Å². The first kappa shape index (κ1) is 11.7. The Balaban J connectivity index is 2.32. The summed E-state index contributed by atoms with van der Waals surface area (Å²) in [6.07, 6.45) is 2.55. The fraction of sp³-hybridized carbons (Fsp3) is 0.600. The zero-order valence-corrected chi connectivity index (χ0v) is 10.7. The van der Waals surface area contributed by atoms with Crippen LogP contribution in [0.1, 0.15) is 43.7 Å². The summed E-state index contributed by atoms with van der Waals surface area (Å²) in [5.74, 6) is 0.697. The summed E-state index contributed by atoms with van der Waals surface area (Å²) in [6.45, 7) is 9.17. The summed E-state index contributed by atoms with van der Waals surface area (Å²) in [6, 6.07) is 9.03. The van der Waals surface area contributed by atoms with Gasteiger partial charge in [0.25, 0.3) is 0 Å². The standard InChI is InChI=1S/C15H23N/c1-4-15(5-2)11-16-10-14(15)13-8-6-7-12(3)9-13/h6-9,14,16H,4-5,10-11H2,1-3H3/t14-/m0/s1. The van der Waals surface area contributed by atoms with Gasteiger partial charge in [-0.2, -0.15) is 0 Å². The first-order valence-electron chi connectivity index (χ1n) is 6.49. The molecule has 0 radical (unpaired) electrons. The van der Waals surface area contributed by atoms with E-state index in [-0.39, 0.29) is 0 Å². The molecular formula is C15H23N. The molecule has 2 rings (SSSR count). The molecule has 0 amide bonds. The van der Waals surface area contributed by atoms with E-state index in [1.807, 2.05) is 0 Å². The van der Waals surface area contributed by atoms with E-state index in [9.17, 15) is 0 Å². The molecule has 1 aromatic carbocycles. The maximum Gasteiger partial charge on any atom is 0.00319 e. The Hall–Kier alpha value is -0.820. The second-order valence-electron chi connectivity index (χ2n) is 5.17. The number of benzene rings is 1. The molecule has 1 aromatic rings. The minimum absolute atomic E-state index is 0.480. The average molecular weight is 217 g/mol. The largest absolute Gasteiger partial charge is 0.316 e. The molecule has 1 heterocycles. The second-order valence-corrected chi connectivity index (χ2v) is 5.17. The van der Waals surface area contributed by atoms with Gasteiger partial charge in [-0.15, -0.1) is 0 Å². The molecule has 1 nitrogen and oxygen atoms in total. The maximum atomic E-state index is 3.58. The zero-order chi connectivity index (χ0) is 11.6. The molecule has 0 spiro atoms. The van der Waals surface area contributed by atoms with Gasteiger partial charge in [0, 0.05) is 19.0 Å². The van der Waals surface area contributed by atoms with E-state index in [0.29, 0.717) is 11.3 Å². The van der Waals surface area contributed by atoms with Crippen LogP contribution in [0.3, 0.4) is 0 Å². The van der Waals surface area contributed by atoms with Gasteiger partial charge >= 0.3 is 0 Å². The lowest BCUT2D eigenvalue weighted by Crippen LogP contribution is -2.27. The molecule has 1 atom stereocenters. The smallest absolute Gasteiger partial charge is 0.00319 e. The summed E-state index contributed by atoms with van der Waals surface area (Å²) < 4.78 is 0. The van der Waals surface area contributed by atoms with Crippen molar-refractivity contribution in [3.05, 3.63) is 35.4 Å². The Labute approximate surface area is 99.3 Å². The average Bonchev–Trinajstić information content (AvgIpc) is 2.73. The lowest BCUT2D eigenvalue weighted by atomic mass is 9.71. The number of aryl methyl sites for hydroxylation is 1. The summed E-state index contributed by atoms with van der Waals surface area (Å²) in [5.41, 5.74) is 3.38. The molecular weight excluding hydrogens is 194 g/mol. The van der Waals surface area contributed by atoms with Gasteiger partial charge in [-0.3, -0.25) is 0 Å². The fourth-order valence-electron chi connectivity index (χ4n) is 3.16. The molecule has 0 unspecified atom stereocenters. The van der Waals surface area contributed by atoms with Crippen LogP contribution < -0.4 is 5.32 Å². The molecule has 0 bridgehead atoms. The Morgan fingerprint density at radius 1 is 1.31 bits per heavy atom. The molecule has 16 heavy (non-hydrogen) atoms. The summed E-state index contributed by atoms with van der Waals surface area (Å²) in [7, 11) is 0. The van der Waals surface area contributed by atoms with Gasteiger partial charge in [-0.05, 0) is 30.7 Å². The molecule has 1 saturated heterocycles. The zero-order valence-electron chi connectivity index (χ0n) is 10.7. The van der Waals surface area contributed by atoms with Crippen LogP contribution >= 0.6 is 0 Å². The normalized spacial score (nSPS) is 23.6. The molecule has 88 valence electrons. The third kappa shape index (κ3) is 1.89. The molecule has 1 heteroatoms. The monoisotopic (exact) mass is 217 g/mol. The third-order valence-electron chi connectivity index (χ3n) is 4.42. The van der Waals surface area contributed by atoms with Crippen LogP contribution in [0.15, 0.2) is 24.3 Å². The minimum atomic E-state index is 0.480. The van der Waals surface area contributed by atoms with E-state index in [1.54, 1.807) is 0 Å². The number of nitrogens with one attached hydrogen (secondary N) is 1. The molecule has 1 fully saturated rings. The Morgan fingerprint density at radius 3 is 2.69 bits per heavy atom. The van der Waals surface area contributed by atoms with Crippen LogP contribution in [-0.2, 0) is 0 Å². The fourth-order valence-corrected chi connectivity index (χ4v) is 3.16. The second kappa shape index (κ2) is 4.58. The van der Waals surface area contributed by atoms with Gasteiger partial charge in [0.2, 0.25) is 0 Å². The van der Waals surface area contributed by atoms with Crippen molar-refractivity contribution in [1.82, 2.24) is 5.32 Å². The third-order valence-corrected chi connectivity index (χ3v) is 4.42. The first-order valence-corrected chi connectivity index (χ1v) is 6.49. The van der Waals surface area contributed by atoms with E-state index in [1.165, 1.54) is 30.5 Å². The van der Waals surface area contributed by atoms with E-state index in [4.69, 9.17) is 0 Å². The van der Waals surface area contributed by atoms with Gasteiger partial charge in [-0.1, -0.05) is 43.7 Å². The van der Waals surface area contributed by atoms with Crippen LogP contribution in [-0.4, -0.2) is 13.1 Å². The highest BCUT2D eigenvalue weighted by Gasteiger charge is 2.40. The number of rotatable bonds is 3. The highest BCUT2D eigenvalue weighted by atomic mass is 14.9. The maximum absolute atomic E-state index is 3.58. The molecule has 0 aliphatic carbocycles. The lowest BCUT2D eigenvalue weighted by molar-refractivity contribution is 0.260. The van der Waals surface area contributed by atoms with Crippen molar-refractivity contribution in [2.24, 2.45) is 5.41 Å². The minimum Gasteiger partial charge on any atom is -0.316 e. The van der Waals surface area contributed by atoms with Crippen molar-refractivity contribution >= 4 is 0 Å². The van der Waals surface area contributed by atoms with Crippen molar-refractivity contribution in [2.45, 2.75) is 39.5 Å². The van der Waals surface area contributed by atoms with Gasteiger partial charge < -0.3 is 5.32 Å². The van der Waals surface area contributed by atoms with Gasteiger partial charge in [-0.25, -0.2) is 0 Å². The first-order chi connectivity index (χ1) is 7.72. The van der Waals surface area contributed by atoms with Crippen molar-refractivity contribution in [3.63, 3.8) is 0 Å². The quantitative estimate of drug-likeness (QED) is 0.817. The molecule has 0 saturated carbocycles. The lowest BCUT2D eigenvalue weighted by Gasteiger charge is -2.33. The Bertz CT molecular complexity index is 352. The van der Waals surface area contributed by atoms with Crippen LogP contribution in [0.4, 0.5) is 0 Å². The SMILES string of the molecule is CCC1(CC)CNC[C@H]1c1cccc(C)c1. The highest BCUT2D eigenvalue weighted by Crippen LogP contribution is 2.44. The highest BCUT2D eigenvalue weighted by molar-refractivity contribution is 5.29. The predicted molar refractivity (Wildman–Crippen MR) is 69.8 cm³/mol. The molecule has 1 aliphatic heterocycles. The van der Waals surface area contributed by atoms with Crippen molar-refractivity contribution in [1.29, 1.82) is 0 Å². The van der Waals surface area contributed by atoms with Crippen molar-refractivity contribution in [3.8, 4) is 0 Å². The van der Waals surface area contributed by atoms with Crippen LogP contribution in [0.5, 0.6) is 0 Å². The molecule has 1 aliphatic rings. The van der Waals surface area contributed by atoms with E-state index >= 15 is 0 Å². The molecule has 1 N–H and O–H groups in total. The van der Waals surface area contributed by atoms with E-state index in [0.717, 1.165) is 6.54 Å². The van der Waals surface area contributed by atoms with Crippen LogP contribution in [0.25, 0.3) is 0 Å². The van der Waals surface area contributed by atoms with E-state index < -0.39 is 0 Å². The Kier molecular flexibility index (Phi) is 3.34. The van der Waals surface area contributed by atoms with Crippen molar-refractivity contribution < 1.29 is 0 Å². The van der Waals surface area contributed by atoms with E-state index in [2.05, 4.69) is 50.4 Å². The summed E-state index contributed by atoms with van der Waals surface area (Å²) >= 11 is 0. The molecule has 0 aromatic heterocycles. The van der Waals surface area contributed by atoms with Crippen LogP contribution in [0, 0.1) is 12.3 Å². The summed E-state index contributed by atoms with van der Waals surface area (Å²) in [5, 5.41) is 3.58. The Morgan fingerprint density at radius 2 is 2.06 bits per heavy atom. The van der Waals surface area contributed by atoms with Gasteiger partial charge in [0.15, 0.2) is 0 Å². The van der Waals surface area contributed by atoms with Gasteiger partial charge in [0.05, 0.1) is 0 Å². The number of hydrogen-bond donors (Lipinski definition) is 1. The summed E-state index contributed by atoms with van der Waals surface area (Å²) in [4.78, 5) is 0. The topological polar surface area (TPSA) is 12.0 Å². The van der Waals surface area contributed by atoms with Gasteiger partial charge in [0.1, 0.15) is 0 Å². The predicted octanol–water partition coefficient (Wildman–Crippen LogP) is 3.49. The number of hydrogen-bond acceptors (Lipinski definition) is 1.